The Labute approximate surface area is 121 Å². The van der Waals surface area contributed by atoms with E-state index >= 15 is 0 Å². The standard InChI is InChI=1S/C17H25NO2/c1-13-4-2-5-14(10-13)12-18-15-6-7-16-17(11-15)20-9-3-8-19-16/h6-7,11,13-14,18H,2-5,8-10,12H2,1H3. The normalized spacial score (nSPS) is 25.9. The van der Waals surface area contributed by atoms with Crippen molar-refractivity contribution in [2.75, 3.05) is 25.1 Å². The van der Waals surface area contributed by atoms with E-state index in [0.717, 1.165) is 55.2 Å². The Kier molecular flexibility index (Phi) is 4.34. The molecular formula is C17H25NO2. The second-order valence-electron chi connectivity index (χ2n) is 6.23. The van der Waals surface area contributed by atoms with Gasteiger partial charge in [-0.25, -0.2) is 0 Å². The molecule has 1 fully saturated rings. The molecule has 1 aliphatic carbocycles. The van der Waals surface area contributed by atoms with Gasteiger partial charge >= 0.3 is 0 Å². The van der Waals surface area contributed by atoms with E-state index < -0.39 is 0 Å². The predicted molar refractivity (Wildman–Crippen MR) is 81.7 cm³/mol. The zero-order chi connectivity index (χ0) is 13.8. The second-order valence-corrected chi connectivity index (χ2v) is 6.23. The van der Waals surface area contributed by atoms with Crippen LogP contribution in [0.1, 0.15) is 39.0 Å². The van der Waals surface area contributed by atoms with E-state index in [1.165, 1.54) is 25.7 Å². The van der Waals surface area contributed by atoms with Crippen LogP contribution in [0.3, 0.4) is 0 Å². The Morgan fingerprint density at radius 1 is 1.10 bits per heavy atom. The monoisotopic (exact) mass is 275 g/mol. The Morgan fingerprint density at radius 3 is 2.80 bits per heavy atom. The van der Waals surface area contributed by atoms with Crippen LogP contribution >= 0.6 is 0 Å². The van der Waals surface area contributed by atoms with Crippen molar-refractivity contribution in [2.24, 2.45) is 11.8 Å². The summed E-state index contributed by atoms with van der Waals surface area (Å²) >= 11 is 0. The predicted octanol–water partition coefficient (Wildman–Crippen LogP) is 4.09. The lowest BCUT2D eigenvalue weighted by Crippen LogP contribution is -2.21. The minimum atomic E-state index is 0.747. The zero-order valence-electron chi connectivity index (χ0n) is 12.4. The van der Waals surface area contributed by atoms with Crippen molar-refractivity contribution in [3.63, 3.8) is 0 Å². The number of fused-ring (bicyclic) bond motifs is 1. The Bertz CT molecular complexity index is 447. The van der Waals surface area contributed by atoms with Crippen LogP contribution in [-0.2, 0) is 0 Å². The van der Waals surface area contributed by atoms with Gasteiger partial charge in [-0.3, -0.25) is 0 Å². The van der Waals surface area contributed by atoms with Crippen LogP contribution in [-0.4, -0.2) is 19.8 Å². The third kappa shape index (κ3) is 3.38. The van der Waals surface area contributed by atoms with Gasteiger partial charge in [-0.05, 0) is 36.8 Å². The van der Waals surface area contributed by atoms with E-state index in [4.69, 9.17) is 9.47 Å². The molecule has 3 nitrogen and oxygen atoms in total. The van der Waals surface area contributed by atoms with Crippen molar-refractivity contribution in [3.05, 3.63) is 18.2 Å². The molecule has 1 aromatic rings. The molecule has 20 heavy (non-hydrogen) atoms. The molecule has 2 unspecified atom stereocenters. The smallest absolute Gasteiger partial charge is 0.163 e. The summed E-state index contributed by atoms with van der Waals surface area (Å²) in [6, 6.07) is 6.19. The molecule has 0 bridgehead atoms. The topological polar surface area (TPSA) is 30.5 Å². The Hall–Kier alpha value is -1.38. The van der Waals surface area contributed by atoms with Crippen LogP contribution in [0.4, 0.5) is 5.69 Å². The van der Waals surface area contributed by atoms with E-state index in [-0.39, 0.29) is 0 Å². The van der Waals surface area contributed by atoms with Crippen LogP contribution in [0.25, 0.3) is 0 Å². The van der Waals surface area contributed by atoms with Gasteiger partial charge in [0.2, 0.25) is 0 Å². The highest BCUT2D eigenvalue weighted by Gasteiger charge is 2.18. The van der Waals surface area contributed by atoms with E-state index in [9.17, 15) is 0 Å². The van der Waals surface area contributed by atoms with E-state index in [2.05, 4.69) is 24.4 Å². The highest BCUT2D eigenvalue weighted by molar-refractivity contribution is 5.55. The minimum absolute atomic E-state index is 0.747. The summed E-state index contributed by atoms with van der Waals surface area (Å²) < 4.78 is 11.4. The molecule has 0 saturated heterocycles. The van der Waals surface area contributed by atoms with Gasteiger partial charge in [0.15, 0.2) is 11.5 Å². The van der Waals surface area contributed by atoms with Crippen molar-refractivity contribution in [1.29, 1.82) is 0 Å². The van der Waals surface area contributed by atoms with Crippen LogP contribution in [0.2, 0.25) is 0 Å². The fraction of sp³-hybridized carbons (Fsp3) is 0.647. The molecule has 3 heteroatoms. The first-order chi connectivity index (χ1) is 9.81. The van der Waals surface area contributed by atoms with Crippen LogP contribution in [0.15, 0.2) is 18.2 Å². The van der Waals surface area contributed by atoms with Gasteiger partial charge in [-0.2, -0.15) is 0 Å². The quantitative estimate of drug-likeness (QED) is 0.901. The molecule has 1 saturated carbocycles. The van der Waals surface area contributed by atoms with E-state index in [1.54, 1.807) is 0 Å². The molecule has 110 valence electrons. The summed E-state index contributed by atoms with van der Waals surface area (Å²) in [5.74, 6) is 3.46. The summed E-state index contributed by atoms with van der Waals surface area (Å²) in [6.07, 6.45) is 6.46. The molecule has 1 N–H and O–H groups in total. The Morgan fingerprint density at radius 2 is 1.95 bits per heavy atom. The number of rotatable bonds is 3. The summed E-state index contributed by atoms with van der Waals surface area (Å²) in [5.41, 5.74) is 1.15. The molecule has 2 aliphatic rings. The Balaban J connectivity index is 1.59. The maximum Gasteiger partial charge on any atom is 0.163 e. The van der Waals surface area contributed by atoms with Gasteiger partial charge in [-0.15, -0.1) is 0 Å². The van der Waals surface area contributed by atoms with Gasteiger partial charge in [0.1, 0.15) is 0 Å². The SMILES string of the molecule is CC1CCCC(CNc2ccc3c(c2)OCCCO3)C1. The van der Waals surface area contributed by atoms with Crippen LogP contribution in [0.5, 0.6) is 11.5 Å². The second kappa shape index (κ2) is 6.38. The lowest BCUT2D eigenvalue weighted by molar-refractivity contribution is 0.293. The first-order valence-corrected chi connectivity index (χ1v) is 7.95. The fourth-order valence-corrected chi connectivity index (χ4v) is 3.28. The number of hydrogen-bond donors (Lipinski definition) is 1. The van der Waals surface area contributed by atoms with E-state index in [0.29, 0.717) is 0 Å². The third-order valence-corrected chi connectivity index (χ3v) is 4.39. The highest BCUT2D eigenvalue weighted by atomic mass is 16.5. The van der Waals surface area contributed by atoms with Crippen molar-refractivity contribution in [3.8, 4) is 11.5 Å². The maximum atomic E-state index is 5.73. The number of hydrogen-bond acceptors (Lipinski definition) is 3. The molecule has 0 aromatic heterocycles. The van der Waals surface area contributed by atoms with Gasteiger partial charge < -0.3 is 14.8 Å². The van der Waals surface area contributed by atoms with Gasteiger partial charge in [0.25, 0.3) is 0 Å². The molecule has 1 aromatic carbocycles. The lowest BCUT2D eigenvalue weighted by Gasteiger charge is -2.27. The molecule has 1 heterocycles. The third-order valence-electron chi connectivity index (χ3n) is 4.39. The molecule has 3 rings (SSSR count). The van der Waals surface area contributed by atoms with Crippen LogP contribution < -0.4 is 14.8 Å². The first-order valence-electron chi connectivity index (χ1n) is 7.95. The summed E-state index contributed by atoms with van der Waals surface area (Å²) in [7, 11) is 0. The summed E-state index contributed by atoms with van der Waals surface area (Å²) in [6.45, 7) is 4.94. The van der Waals surface area contributed by atoms with Crippen LogP contribution in [0, 0.1) is 11.8 Å². The zero-order valence-corrected chi connectivity index (χ0v) is 12.4. The number of benzene rings is 1. The number of nitrogens with one attached hydrogen (secondary N) is 1. The molecule has 2 atom stereocenters. The van der Waals surface area contributed by atoms with Gasteiger partial charge in [-0.1, -0.05) is 19.8 Å². The summed E-state index contributed by atoms with van der Waals surface area (Å²) in [4.78, 5) is 0. The number of ether oxygens (including phenoxy) is 2. The molecular weight excluding hydrogens is 250 g/mol. The molecule has 0 spiro atoms. The number of anilines is 1. The van der Waals surface area contributed by atoms with Crippen molar-refractivity contribution in [2.45, 2.75) is 39.0 Å². The highest BCUT2D eigenvalue weighted by Crippen LogP contribution is 2.33. The van der Waals surface area contributed by atoms with E-state index in [1.807, 2.05) is 6.07 Å². The fourth-order valence-electron chi connectivity index (χ4n) is 3.28. The first kappa shape index (κ1) is 13.6. The van der Waals surface area contributed by atoms with Crippen molar-refractivity contribution >= 4 is 5.69 Å². The molecule has 1 aliphatic heterocycles. The summed E-state index contributed by atoms with van der Waals surface area (Å²) in [5, 5.41) is 3.57. The average Bonchev–Trinajstić information content (AvgIpc) is 2.70. The maximum absolute atomic E-state index is 5.73. The van der Waals surface area contributed by atoms with Crippen molar-refractivity contribution < 1.29 is 9.47 Å². The molecule has 0 radical (unpaired) electrons. The lowest BCUT2D eigenvalue weighted by atomic mass is 9.82. The average molecular weight is 275 g/mol. The largest absolute Gasteiger partial charge is 0.490 e. The minimum Gasteiger partial charge on any atom is -0.490 e. The van der Waals surface area contributed by atoms with Gasteiger partial charge in [0.05, 0.1) is 13.2 Å². The molecule has 0 amide bonds. The van der Waals surface area contributed by atoms with Crippen molar-refractivity contribution in [1.82, 2.24) is 0 Å². The van der Waals surface area contributed by atoms with Gasteiger partial charge in [0, 0.05) is 24.7 Å².